The number of aryl methyl sites for hydroxylation is 3. The van der Waals surface area contributed by atoms with Gasteiger partial charge in [0.15, 0.2) is 0 Å². The van der Waals surface area contributed by atoms with Gasteiger partial charge in [-0.2, -0.15) is 5.10 Å². The van der Waals surface area contributed by atoms with Crippen molar-refractivity contribution in [2.24, 2.45) is 0 Å². The zero-order valence-corrected chi connectivity index (χ0v) is 11.4. The van der Waals surface area contributed by atoms with Crippen LogP contribution in [0.2, 0.25) is 0 Å². The normalized spacial score (nSPS) is 10.6. The van der Waals surface area contributed by atoms with Crippen LogP contribution in [0.25, 0.3) is 0 Å². The zero-order valence-electron chi connectivity index (χ0n) is 11.4. The van der Waals surface area contributed by atoms with Crippen LogP contribution in [0.3, 0.4) is 0 Å². The van der Waals surface area contributed by atoms with E-state index in [2.05, 4.69) is 61.6 Å². The SMILES string of the molecule is CCc1cccc(NCc2cn(CC)nc2C)c1. The van der Waals surface area contributed by atoms with Crippen molar-refractivity contribution < 1.29 is 0 Å². The molecule has 2 rings (SSSR count). The summed E-state index contributed by atoms with van der Waals surface area (Å²) < 4.78 is 1.98. The maximum Gasteiger partial charge on any atom is 0.0643 e. The number of aromatic nitrogens is 2. The van der Waals surface area contributed by atoms with Crippen LogP contribution in [0.15, 0.2) is 30.5 Å². The van der Waals surface area contributed by atoms with E-state index in [9.17, 15) is 0 Å². The van der Waals surface area contributed by atoms with Crippen molar-refractivity contribution in [3.8, 4) is 0 Å². The Morgan fingerprint density at radius 2 is 2.11 bits per heavy atom. The predicted octanol–water partition coefficient (Wildman–Crippen LogP) is 3.39. The largest absolute Gasteiger partial charge is 0.381 e. The monoisotopic (exact) mass is 243 g/mol. The third-order valence-corrected chi connectivity index (χ3v) is 3.19. The second kappa shape index (κ2) is 5.71. The standard InChI is InChI=1S/C15H21N3/c1-4-13-7-6-8-15(9-13)16-10-14-11-18(5-2)17-12(14)3/h6-9,11,16H,4-5,10H2,1-3H3. The Morgan fingerprint density at radius 3 is 2.78 bits per heavy atom. The van der Waals surface area contributed by atoms with E-state index in [1.165, 1.54) is 16.8 Å². The van der Waals surface area contributed by atoms with Gasteiger partial charge in [-0.05, 0) is 38.0 Å². The van der Waals surface area contributed by atoms with Crippen LogP contribution in [0.1, 0.15) is 30.7 Å². The number of hydrogen-bond acceptors (Lipinski definition) is 2. The molecule has 0 saturated carbocycles. The zero-order chi connectivity index (χ0) is 13.0. The van der Waals surface area contributed by atoms with Gasteiger partial charge in [0.1, 0.15) is 0 Å². The molecule has 0 fully saturated rings. The van der Waals surface area contributed by atoms with Gasteiger partial charge in [0.25, 0.3) is 0 Å². The Morgan fingerprint density at radius 1 is 1.28 bits per heavy atom. The molecule has 3 nitrogen and oxygen atoms in total. The third-order valence-electron chi connectivity index (χ3n) is 3.19. The van der Waals surface area contributed by atoms with Crippen molar-refractivity contribution >= 4 is 5.69 Å². The minimum atomic E-state index is 0.832. The fourth-order valence-electron chi connectivity index (χ4n) is 1.99. The predicted molar refractivity (Wildman–Crippen MR) is 75.8 cm³/mol. The summed E-state index contributed by atoms with van der Waals surface area (Å²) in [5.74, 6) is 0. The maximum atomic E-state index is 4.45. The van der Waals surface area contributed by atoms with Gasteiger partial charge in [-0.1, -0.05) is 19.1 Å². The Labute approximate surface area is 109 Å². The number of benzene rings is 1. The number of hydrogen-bond donors (Lipinski definition) is 1. The number of nitrogens with zero attached hydrogens (tertiary/aromatic N) is 2. The summed E-state index contributed by atoms with van der Waals surface area (Å²) in [4.78, 5) is 0. The molecular weight excluding hydrogens is 222 g/mol. The smallest absolute Gasteiger partial charge is 0.0643 e. The Kier molecular flexibility index (Phi) is 4.03. The first kappa shape index (κ1) is 12.7. The van der Waals surface area contributed by atoms with Crippen LogP contribution >= 0.6 is 0 Å². The van der Waals surface area contributed by atoms with Crippen molar-refractivity contribution in [3.63, 3.8) is 0 Å². The summed E-state index contributed by atoms with van der Waals surface area (Å²) in [5.41, 5.74) is 4.91. The van der Waals surface area contributed by atoms with Crippen LogP contribution < -0.4 is 5.32 Å². The Hall–Kier alpha value is -1.77. The summed E-state index contributed by atoms with van der Waals surface area (Å²) in [6.45, 7) is 8.10. The summed E-state index contributed by atoms with van der Waals surface area (Å²) in [6.07, 6.45) is 3.19. The van der Waals surface area contributed by atoms with Crippen LogP contribution in [-0.4, -0.2) is 9.78 Å². The van der Waals surface area contributed by atoms with Gasteiger partial charge >= 0.3 is 0 Å². The second-order valence-corrected chi connectivity index (χ2v) is 4.50. The number of nitrogens with one attached hydrogen (secondary N) is 1. The lowest BCUT2D eigenvalue weighted by atomic mass is 10.1. The van der Waals surface area contributed by atoms with Crippen LogP contribution in [0.4, 0.5) is 5.69 Å². The molecule has 3 heteroatoms. The molecule has 0 atom stereocenters. The molecule has 0 amide bonds. The van der Waals surface area contributed by atoms with Crippen LogP contribution in [0, 0.1) is 6.92 Å². The number of anilines is 1. The molecule has 0 radical (unpaired) electrons. The minimum absolute atomic E-state index is 0.832. The molecule has 1 aromatic heterocycles. The second-order valence-electron chi connectivity index (χ2n) is 4.50. The average Bonchev–Trinajstić information content (AvgIpc) is 2.77. The first-order valence-electron chi connectivity index (χ1n) is 6.58. The van der Waals surface area contributed by atoms with Gasteiger partial charge in [-0.3, -0.25) is 4.68 Å². The topological polar surface area (TPSA) is 29.9 Å². The molecule has 2 aromatic rings. The highest BCUT2D eigenvalue weighted by atomic mass is 15.3. The highest BCUT2D eigenvalue weighted by Gasteiger charge is 2.03. The van der Waals surface area contributed by atoms with E-state index in [0.29, 0.717) is 0 Å². The van der Waals surface area contributed by atoms with Crippen LogP contribution in [-0.2, 0) is 19.5 Å². The van der Waals surface area contributed by atoms with Gasteiger partial charge in [-0.15, -0.1) is 0 Å². The molecule has 0 bridgehead atoms. The molecule has 1 heterocycles. The molecule has 1 aromatic carbocycles. The summed E-state index contributed by atoms with van der Waals surface area (Å²) >= 11 is 0. The van der Waals surface area contributed by atoms with Crippen molar-refractivity contribution in [1.29, 1.82) is 0 Å². The molecule has 0 aliphatic rings. The highest BCUT2D eigenvalue weighted by molar-refractivity contribution is 5.46. The molecular formula is C15H21N3. The molecule has 0 aliphatic carbocycles. The first-order chi connectivity index (χ1) is 8.72. The summed E-state index contributed by atoms with van der Waals surface area (Å²) in [6, 6.07) is 8.58. The molecule has 0 aliphatic heterocycles. The van der Waals surface area contributed by atoms with Gasteiger partial charge in [-0.25, -0.2) is 0 Å². The molecule has 1 N–H and O–H groups in total. The van der Waals surface area contributed by atoms with Gasteiger partial charge < -0.3 is 5.32 Å². The molecule has 96 valence electrons. The van der Waals surface area contributed by atoms with Crippen molar-refractivity contribution in [1.82, 2.24) is 9.78 Å². The van der Waals surface area contributed by atoms with E-state index in [0.717, 1.165) is 25.2 Å². The molecule has 0 saturated heterocycles. The molecule has 0 unspecified atom stereocenters. The summed E-state index contributed by atoms with van der Waals surface area (Å²) in [5, 5.41) is 7.91. The quantitative estimate of drug-likeness (QED) is 0.872. The lowest BCUT2D eigenvalue weighted by Crippen LogP contribution is -2.00. The lowest BCUT2D eigenvalue weighted by molar-refractivity contribution is 0.653. The van der Waals surface area contributed by atoms with Crippen LogP contribution in [0.5, 0.6) is 0 Å². The van der Waals surface area contributed by atoms with E-state index in [-0.39, 0.29) is 0 Å². The Balaban J connectivity index is 2.03. The molecule has 18 heavy (non-hydrogen) atoms. The number of rotatable bonds is 5. The fourth-order valence-corrected chi connectivity index (χ4v) is 1.99. The minimum Gasteiger partial charge on any atom is -0.381 e. The maximum absolute atomic E-state index is 4.45. The third kappa shape index (κ3) is 2.92. The van der Waals surface area contributed by atoms with Crippen molar-refractivity contribution in [3.05, 3.63) is 47.3 Å². The van der Waals surface area contributed by atoms with Crippen molar-refractivity contribution in [2.45, 2.75) is 40.3 Å². The lowest BCUT2D eigenvalue weighted by Gasteiger charge is -2.07. The van der Waals surface area contributed by atoms with E-state index in [1.807, 2.05) is 4.68 Å². The summed E-state index contributed by atoms with van der Waals surface area (Å²) in [7, 11) is 0. The van der Waals surface area contributed by atoms with Gasteiger partial charge in [0.2, 0.25) is 0 Å². The molecule has 0 spiro atoms. The van der Waals surface area contributed by atoms with Crippen molar-refractivity contribution in [2.75, 3.05) is 5.32 Å². The van der Waals surface area contributed by atoms with E-state index >= 15 is 0 Å². The van der Waals surface area contributed by atoms with E-state index in [1.54, 1.807) is 0 Å². The highest BCUT2D eigenvalue weighted by Crippen LogP contribution is 2.14. The van der Waals surface area contributed by atoms with E-state index in [4.69, 9.17) is 0 Å². The van der Waals surface area contributed by atoms with Gasteiger partial charge in [0, 0.05) is 30.5 Å². The van der Waals surface area contributed by atoms with E-state index < -0.39 is 0 Å². The average molecular weight is 243 g/mol. The van der Waals surface area contributed by atoms with Gasteiger partial charge in [0.05, 0.1) is 5.69 Å². The Bertz CT molecular complexity index is 514. The fraction of sp³-hybridized carbons (Fsp3) is 0.400. The first-order valence-corrected chi connectivity index (χ1v) is 6.58.